The fourth-order valence-corrected chi connectivity index (χ4v) is 3.26. The molecule has 2 N–H and O–H groups in total. The van der Waals surface area contributed by atoms with E-state index in [0.717, 1.165) is 0 Å². The molecule has 0 amide bonds. The average molecular weight is 289 g/mol. The molecule has 19 heavy (non-hydrogen) atoms. The van der Waals surface area contributed by atoms with Crippen molar-refractivity contribution in [3.63, 3.8) is 0 Å². The summed E-state index contributed by atoms with van der Waals surface area (Å²) in [7, 11) is -3.43. The second-order valence-electron chi connectivity index (χ2n) is 4.25. The van der Waals surface area contributed by atoms with Gasteiger partial charge in [0.05, 0.1) is 11.8 Å². The summed E-state index contributed by atoms with van der Waals surface area (Å²) in [6, 6.07) is 2.73. The second kappa shape index (κ2) is 5.72. The third-order valence-electron chi connectivity index (χ3n) is 2.93. The minimum Gasteiger partial charge on any atom is -0.475 e. The summed E-state index contributed by atoms with van der Waals surface area (Å²) in [6.45, 7) is 0.831. The smallest absolute Gasteiger partial charge is 0.371 e. The Kier molecular flexibility index (Phi) is 4.23. The first-order chi connectivity index (χ1) is 8.99. The van der Waals surface area contributed by atoms with E-state index in [9.17, 15) is 13.2 Å². The van der Waals surface area contributed by atoms with E-state index in [1.54, 1.807) is 0 Å². The van der Waals surface area contributed by atoms with Gasteiger partial charge in [-0.05, 0) is 25.0 Å². The summed E-state index contributed by atoms with van der Waals surface area (Å²) >= 11 is 0. The number of carboxylic acid groups (broad SMARTS) is 1. The van der Waals surface area contributed by atoms with Crippen LogP contribution >= 0.6 is 0 Å². The topological polar surface area (TPSA) is 106 Å². The minimum absolute atomic E-state index is 0.0486. The summed E-state index contributed by atoms with van der Waals surface area (Å²) in [6.07, 6.45) is 0.932. The Balaban J connectivity index is 1.94. The minimum atomic E-state index is -3.43. The monoisotopic (exact) mass is 289 g/mol. The number of hydrogen-bond acceptors (Lipinski definition) is 5. The normalized spacial score (nSPS) is 17.5. The van der Waals surface area contributed by atoms with Crippen molar-refractivity contribution in [1.29, 1.82) is 0 Å². The summed E-state index contributed by atoms with van der Waals surface area (Å²) < 4.78 is 36.5. The Morgan fingerprint density at radius 1 is 1.37 bits per heavy atom. The van der Waals surface area contributed by atoms with Gasteiger partial charge in [-0.3, -0.25) is 0 Å². The molecule has 0 saturated carbocycles. The van der Waals surface area contributed by atoms with Crippen LogP contribution in [0, 0.1) is 0 Å². The summed E-state index contributed by atoms with van der Waals surface area (Å²) in [4.78, 5) is 10.6. The van der Waals surface area contributed by atoms with Crippen LogP contribution in [0.25, 0.3) is 0 Å². The molecule has 1 aliphatic rings. The molecule has 1 aliphatic heterocycles. The predicted octanol–water partition coefficient (Wildman–Crippen LogP) is 0.576. The van der Waals surface area contributed by atoms with Gasteiger partial charge in [-0.2, -0.15) is 0 Å². The number of sulfonamides is 1. The molecule has 0 radical (unpaired) electrons. The number of furan rings is 1. The SMILES string of the molecule is O=C(O)c1ccc(CNS(=O)(=O)C2CCOCC2)o1. The lowest BCUT2D eigenvalue weighted by Crippen LogP contribution is -2.37. The van der Waals surface area contributed by atoms with Gasteiger partial charge in [-0.25, -0.2) is 17.9 Å². The first kappa shape index (κ1) is 14.0. The molecule has 0 spiro atoms. The van der Waals surface area contributed by atoms with E-state index in [1.165, 1.54) is 12.1 Å². The molecule has 8 heteroatoms. The average Bonchev–Trinajstić information content (AvgIpc) is 2.87. The van der Waals surface area contributed by atoms with Crippen molar-refractivity contribution in [2.24, 2.45) is 0 Å². The first-order valence-electron chi connectivity index (χ1n) is 5.87. The molecule has 0 aromatic carbocycles. The highest BCUT2D eigenvalue weighted by atomic mass is 32.2. The van der Waals surface area contributed by atoms with Gasteiger partial charge in [0.25, 0.3) is 0 Å². The molecular weight excluding hydrogens is 274 g/mol. The number of ether oxygens (including phenoxy) is 1. The molecule has 7 nitrogen and oxygen atoms in total. The maximum absolute atomic E-state index is 12.0. The number of nitrogens with one attached hydrogen (secondary N) is 1. The molecular formula is C11H15NO6S. The van der Waals surface area contributed by atoms with E-state index in [-0.39, 0.29) is 18.1 Å². The maximum Gasteiger partial charge on any atom is 0.371 e. The Morgan fingerprint density at radius 2 is 2.05 bits per heavy atom. The zero-order valence-corrected chi connectivity index (χ0v) is 11.0. The van der Waals surface area contributed by atoms with Crippen molar-refractivity contribution in [2.45, 2.75) is 24.6 Å². The highest BCUT2D eigenvalue weighted by molar-refractivity contribution is 7.90. The summed E-state index contributed by atoms with van der Waals surface area (Å²) in [5, 5.41) is 8.22. The van der Waals surface area contributed by atoms with Crippen LogP contribution in [0.1, 0.15) is 29.2 Å². The van der Waals surface area contributed by atoms with Gasteiger partial charge in [0.15, 0.2) is 0 Å². The molecule has 106 valence electrons. The van der Waals surface area contributed by atoms with Crippen molar-refractivity contribution >= 4 is 16.0 Å². The molecule has 1 aromatic rings. The lowest BCUT2D eigenvalue weighted by molar-refractivity contribution is 0.0660. The van der Waals surface area contributed by atoms with Gasteiger partial charge < -0.3 is 14.3 Å². The molecule has 1 fully saturated rings. The van der Waals surface area contributed by atoms with E-state index in [2.05, 4.69) is 4.72 Å². The largest absolute Gasteiger partial charge is 0.475 e. The second-order valence-corrected chi connectivity index (χ2v) is 6.29. The summed E-state index contributed by atoms with van der Waals surface area (Å²) in [5.74, 6) is -1.12. The molecule has 2 heterocycles. The van der Waals surface area contributed by atoms with Crippen LogP contribution in [0.5, 0.6) is 0 Å². The van der Waals surface area contributed by atoms with E-state index in [4.69, 9.17) is 14.3 Å². The van der Waals surface area contributed by atoms with Crippen LogP contribution in [0.2, 0.25) is 0 Å². The third-order valence-corrected chi connectivity index (χ3v) is 4.82. The van der Waals surface area contributed by atoms with Crippen LogP contribution < -0.4 is 4.72 Å². The van der Waals surface area contributed by atoms with E-state index in [0.29, 0.717) is 26.1 Å². The third kappa shape index (κ3) is 3.55. The van der Waals surface area contributed by atoms with Gasteiger partial charge >= 0.3 is 5.97 Å². The van der Waals surface area contributed by atoms with E-state index >= 15 is 0 Å². The van der Waals surface area contributed by atoms with Gasteiger partial charge in [0.2, 0.25) is 15.8 Å². The number of aromatic carboxylic acids is 1. The van der Waals surface area contributed by atoms with Crippen molar-refractivity contribution < 1.29 is 27.5 Å². The van der Waals surface area contributed by atoms with Crippen LogP contribution in [-0.4, -0.2) is 38.0 Å². The molecule has 0 atom stereocenters. The maximum atomic E-state index is 12.0. The lowest BCUT2D eigenvalue weighted by Gasteiger charge is -2.22. The summed E-state index contributed by atoms with van der Waals surface area (Å²) in [5.41, 5.74) is 0. The van der Waals surface area contributed by atoms with Crippen LogP contribution in [0.4, 0.5) is 0 Å². The van der Waals surface area contributed by atoms with E-state index < -0.39 is 21.2 Å². The Labute approximate surface area is 110 Å². The Morgan fingerprint density at radius 3 is 2.63 bits per heavy atom. The number of carboxylic acids is 1. The Bertz CT molecular complexity index is 543. The highest BCUT2D eigenvalue weighted by Crippen LogP contribution is 2.15. The molecule has 2 rings (SSSR count). The zero-order chi connectivity index (χ0) is 13.9. The fraction of sp³-hybridized carbons (Fsp3) is 0.545. The van der Waals surface area contributed by atoms with Crippen molar-refractivity contribution in [1.82, 2.24) is 4.72 Å². The number of hydrogen-bond donors (Lipinski definition) is 2. The Hall–Kier alpha value is -1.38. The molecule has 1 aromatic heterocycles. The molecule has 0 unspecified atom stereocenters. The zero-order valence-electron chi connectivity index (χ0n) is 10.2. The molecule has 1 saturated heterocycles. The standard InChI is InChI=1S/C11H15NO6S/c13-11(14)10-2-1-8(18-10)7-12-19(15,16)9-3-5-17-6-4-9/h1-2,9,12H,3-7H2,(H,13,14). The number of carbonyl (C=O) groups is 1. The lowest BCUT2D eigenvalue weighted by atomic mass is 10.2. The van der Waals surface area contributed by atoms with Crippen molar-refractivity contribution in [3.8, 4) is 0 Å². The first-order valence-corrected chi connectivity index (χ1v) is 7.42. The predicted molar refractivity (Wildman–Crippen MR) is 65.3 cm³/mol. The van der Waals surface area contributed by atoms with Crippen LogP contribution in [-0.2, 0) is 21.3 Å². The van der Waals surface area contributed by atoms with Gasteiger partial charge in [-0.15, -0.1) is 0 Å². The van der Waals surface area contributed by atoms with Gasteiger partial charge in [-0.1, -0.05) is 0 Å². The van der Waals surface area contributed by atoms with Crippen molar-refractivity contribution in [3.05, 3.63) is 23.7 Å². The van der Waals surface area contributed by atoms with Crippen LogP contribution in [0.3, 0.4) is 0 Å². The molecule has 0 aliphatic carbocycles. The van der Waals surface area contributed by atoms with E-state index in [1.807, 2.05) is 0 Å². The van der Waals surface area contributed by atoms with Gasteiger partial charge in [0.1, 0.15) is 5.76 Å². The highest BCUT2D eigenvalue weighted by Gasteiger charge is 2.27. The van der Waals surface area contributed by atoms with Crippen molar-refractivity contribution in [2.75, 3.05) is 13.2 Å². The fourth-order valence-electron chi connectivity index (χ4n) is 1.86. The quantitative estimate of drug-likeness (QED) is 0.821. The molecule has 0 bridgehead atoms. The van der Waals surface area contributed by atoms with Crippen LogP contribution in [0.15, 0.2) is 16.5 Å². The number of rotatable bonds is 5. The van der Waals surface area contributed by atoms with Gasteiger partial charge in [0, 0.05) is 13.2 Å².